The minimum atomic E-state index is -0.295. The first-order valence-electron chi connectivity index (χ1n) is 4.82. The molecule has 0 saturated carbocycles. The molecular formula is C9H17NO2. The Morgan fingerprint density at radius 2 is 2.08 bits per heavy atom. The topological polar surface area (TPSA) is 30.5 Å². The third-order valence-corrected chi connectivity index (χ3v) is 2.86. The number of hydrogen-bond donors (Lipinski definition) is 1. The van der Waals surface area contributed by atoms with Crippen LogP contribution in [0.3, 0.4) is 0 Å². The van der Waals surface area contributed by atoms with Crippen LogP contribution in [0.4, 0.5) is 0 Å². The van der Waals surface area contributed by atoms with Gasteiger partial charge in [0, 0.05) is 5.92 Å². The fraction of sp³-hybridized carbons (Fsp3) is 1.00. The molecule has 12 heavy (non-hydrogen) atoms. The normalized spacial score (nSPS) is 35.2. The molecule has 3 nitrogen and oxygen atoms in total. The maximum Gasteiger partial charge on any atom is 0.183 e. The third kappa shape index (κ3) is 1.37. The summed E-state index contributed by atoms with van der Waals surface area (Å²) in [6.45, 7) is 5.87. The summed E-state index contributed by atoms with van der Waals surface area (Å²) >= 11 is 0. The highest BCUT2D eigenvalue weighted by Gasteiger charge is 2.41. The summed E-state index contributed by atoms with van der Waals surface area (Å²) in [5.74, 6) is 0.232. The zero-order chi connectivity index (χ0) is 8.44. The van der Waals surface area contributed by atoms with E-state index in [-0.39, 0.29) is 5.79 Å². The molecule has 0 radical (unpaired) electrons. The van der Waals surface area contributed by atoms with Crippen LogP contribution in [-0.2, 0) is 9.47 Å². The molecule has 0 aliphatic carbocycles. The molecule has 2 aliphatic rings. The molecule has 0 amide bonds. The summed E-state index contributed by atoms with van der Waals surface area (Å²) < 4.78 is 11.5. The second-order valence-electron chi connectivity index (χ2n) is 3.73. The van der Waals surface area contributed by atoms with Gasteiger partial charge in [-0.25, -0.2) is 0 Å². The van der Waals surface area contributed by atoms with E-state index in [4.69, 9.17) is 9.47 Å². The molecule has 1 unspecified atom stereocenters. The predicted molar refractivity (Wildman–Crippen MR) is 45.9 cm³/mol. The van der Waals surface area contributed by atoms with Crippen molar-refractivity contribution < 1.29 is 9.47 Å². The van der Waals surface area contributed by atoms with E-state index in [1.165, 1.54) is 0 Å². The zero-order valence-electron chi connectivity index (χ0n) is 7.64. The highest BCUT2D eigenvalue weighted by atomic mass is 16.7. The van der Waals surface area contributed by atoms with Crippen molar-refractivity contribution in [2.45, 2.75) is 25.6 Å². The fourth-order valence-electron chi connectivity index (χ4n) is 1.95. The van der Waals surface area contributed by atoms with Crippen LogP contribution in [0.5, 0.6) is 0 Å². The smallest absolute Gasteiger partial charge is 0.183 e. The molecular weight excluding hydrogens is 154 g/mol. The summed E-state index contributed by atoms with van der Waals surface area (Å²) in [4.78, 5) is 0. The standard InChI is InChI=1S/C9H17NO2/c1-8-3-4-10-7-9(8)11-5-2-6-12-9/h8,10H,2-7H2,1H3. The van der Waals surface area contributed by atoms with E-state index < -0.39 is 0 Å². The molecule has 1 N–H and O–H groups in total. The molecule has 2 heterocycles. The van der Waals surface area contributed by atoms with Gasteiger partial charge in [-0.2, -0.15) is 0 Å². The summed E-state index contributed by atoms with van der Waals surface area (Å²) in [5.41, 5.74) is 0. The number of hydrogen-bond acceptors (Lipinski definition) is 3. The average Bonchev–Trinajstić information content (AvgIpc) is 2.12. The number of piperidine rings is 1. The first kappa shape index (κ1) is 8.48. The summed E-state index contributed by atoms with van der Waals surface area (Å²) in [7, 11) is 0. The van der Waals surface area contributed by atoms with Crippen molar-refractivity contribution in [3.63, 3.8) is 0 Å². The van der Waals surface area contributed by atoms with E-state index in [9.17, 15) is 0 Å². The Balaban J connectivity index is 2.04. The first-order valence-corrected chi connectivity index (χ1v) is 4.82. The molecule has 0 bridgehead atoms. The second-order valence-corrected chi connectivity index (χ2v) is 3.73. The van der Waals surface area contributed by atoms with Crippen LogP contribution in [0.15, 0.2) is 0 Å². The van der Waals surface area contributed by atoms with Gasteiger partial charge >= 0.3 is 0 Å². The van der Waals surface area contributed by atoms with E-state index in [0.29, 0.717) is 5.92 Å². The van der Waals surface area contributed by atoms with Crippen LogP contribution in [0.25, 0.3) is 0 Å². The Morgan fingerprint density at radius 3 is 2.75 bits per heavy atom. The van der Waals surface area contributed by atoms with Crippen molar-refractivity contribution in [1.29, 1.82) is 0 Å². The third-order valence-electron chi connectivity index (χ3n) is 2.86. The molecule has 2 aliphatic heterocycles. The van der Waals surface area contributed by atoms with Crippen molar-refractivity contribution in [3.8, 4) is 0 Å². The van der Waals surface area contributed by atoms with Gasteiger partial charge in [0.1, 0.15) is 0 Å². The van der Waals surface area contributed by atoms with Crippen LogP contribution in [0, 0.1) is 5.92 Å². The Morgan fingerprint density at radius 1 is 1.33 bits per heavy atom. The van der Waals surface area contributed by atoms with Crippen molar-refractivity contribution in [1.82, 2.24) is 5.32 Å². The molecule has 2 fully saturated rings. The second kappa shape index (κ2) is 3.32. The Labute approximate surface area is 73.4 Å². The van der Waals surface area contributed by atoms with Gasteiger partial charge in [0.25, 0.3) is 0 Å². The van der Waals surface area contributed by atoms with Crippen molar-refractivity contribution in [2.24, 2.45) is 5.92 Å². The summed E-state index contributed by atoms with van der Waals surface area (Å²) in [6.07, 6.45) is 2.19. The predicted octanol–water partition coefficient (Wildman–Crippen LogP) is 0.749. The van der Waals surface area contributed by atoms with Gasteiger partial charge in [0.05, 0.1) is 19.8 Å². The van der Waals surface area contributed by atoms with Gasteiger partial charge < -0.3 is 14.8 Å². The van der Waals surface area contributed by atoms with Gasteiger partial charge in [0.15, 0.2) is 5.79 Å². The SMILES string of the molecule is CC1CCNCC12OCCCO2. The first-order chi connectivity index (χ1) is 5.83. The molecule has 2 saturated heterocycles. The molecule has 1 atom stereocenters. The molecule has 3 heteroatoms. The van der Waals surface area contributed by atoms with Gasteiger partial charge in [-0.1, -0.05) is 6.92 Å². The lowest BCUT2D eigenvalue weighted by Gasteiger charge is -2.44. The molecule has 0 aromatic rings. The lowest BCUT2D eigenvalue weighted by molar-refractivity contribution is -0.294. The van der Waals surface area contributed by atoms with Crippen LogP contribution in [-0.4, -0.2) is 32.1 Å². The molecule has 2 rings (SSSR count). The monoisotopic (exact) mass is 171 g/mol. The van der Waals surface area contributed by atoms with E-state index in [1.807, 2.05) is 0 Å². The van der Waals surface area contributed by atoms with Crippen LogP contribution in [0.1, 0.15) is 19.8 Å². The van der Waals surface area contributed by atoms with E-state index in [1.54, 1.807) is 0 Å². The fourth-order valence-corrected chi connectivity index (χ4v) is 1.95. The van der Waals surface area contributed by atoms with Crippen LogP contribution < -0.4 is 5.32 Å². The van der Waals surface area contributed by atoms with Gasteiger partial charge in [0.2, 0.25) is 0 Å². The van der Waals surface area contributed by atoms with Gasteiger partial charge in [-0.15, -0.1) is 0 Å². The van der Waals surface area contributed by atoms with E-state index in [0.717, 1.165) is 39.1 Å². The number of rotatable bonds is 0. The Bertz CT molecular complexity index is 146. The van der Waals surface area contributed by atoms with Crippen molar-refractivity contribution in [3.05, 3.63) is 0 Å². The molecule has 0 aromatic carbocycles. The minimum absolute atomic E-state index is 0.295. The molecule has 0 aromatic heterocycles. The minimum Gasteiger partial charge on any atom is -0.348 e. The molecule has 1 spiro atoms. The number of nitrogens with one attached hydrogen (secondary N) is 1. The van der Waals surface area contributed by atoms with Gasteiger partial charge in [-0.05, 0) is 19.4 Å². The maximum atomic E-state index is 5.73. The van der Waals surface area contributed by atoms with Gasteiger partial charge in [-0.3, -0.25) is 0 Å². The average molecular weight is 171 g/mol. The quantitative estimate of drug-likeness (QED) is 0.583. The van der Waals surface area contributed by atoms with E-state index >= 15 is 0 Å². The van der Waals surface area contributed by atoms with E-state index in [2.05, 4.69) is 12.2 Å². The maximum absolute atomic E-state index is 5.73. The Kier molecular flexibility index (Phi) is 2.35. The van der Waals surface area contributed by atoms with Crippen LogP contribution >= 0.6 is 0 Å². The zero-order valence-corrected chi connectivity index (χ0v) is 7.64. The lowest BCUT2D eigenvalue weighted by Crippen LogP contribution is -2.56. The molecule has 70 valence electrons. The van der Waals surface area contributed by atoms with Crippen molar-refractivity contribution in [2.75, 3.05) is 26.3 Å². The number of ether oxygens (including phenoxy) is 2. The summed E-state index contributed by atoms with van der Waals surface area (Å²) in [5, 5.41) is 3.33. The lowest BCUT2D eigenvalue weighted by atomic mass is 9.92. The van der Waals surface area contributed by atoms with Crippen molar-refractivity contribution >= 4 is 0 Å². The summed E-state index contributed by atoms with van der Waals surface area (Å²) in [6, 6.07) is 0. The highest BCUT2D eigenvalue weighted by Crippen LogP contribution is 2.31. The Hall–Kier alpha value is -0.120. The highest BCUT2D eigenvalue weighted by molar-refractivity contribution is 4.85. The van der Waals surface area contributed by atoms with Crippen LogP contribution in [0.2, 0.25) is 0 Å². The largest absolute Gasteiger partial charge is 0.348 e.